The molecule has 2 N–H and O–H groups in total. The molecular weight excluding hydrogens is 418 g/mol. The summed E-state index contributed by atoms with van der Waals surface area (Å²) in [7, 11) is 1.61. The average Bonchev–Trinajstić information content (AvgIpc) is 3.01. The van der Waals surface area contributed by atoms with Gasteiger partial charge in [-0.3, -0.25) is 34.2 Å². The molecule has 10 nitrogen and oxygen atoms in total. The Morgan fingerprint density at radius 3 is 2.66 bits per heavy atom. The smallest absolute Gasteiger partial charge is 0.264 e. The Kier molecular flexibility index (Phi) is 8.07. The zero-order valence-electron chi connectivity index (χ0n) is 18.0. The fourth-order valence-electron chi connectivity index (χ4n) is 3.74. The molecule has 5 amide bonds. The molecule has 3 rings (SSSR count). The Morgan fingerprint density at radius 1 is 1.09 bits per heavy atom. The van der Waals surface area contributed by atoms with Gasteiger partial charge in [-0.05, 0) is 31.4 Å². The number of carbonyl (C=O) groups excluding carboxylic acids is 5. The van der Waals surface area contributed by atoms with Crippen LogP contribution in [0.25, 0.3) is 0 Å². The third kappa shape index (κ3) is 5.38. The highest BCUT2D eigenvalue weighted by Crippen LogP contribution is 2.32. The van der Waals surface area contributed by atoms with Crippen molar-refractivity contribution in [3.8, 4) is 0 Å². The minimum atomic E-state index is -1.05. The monoisotopic (exact) mass is 445 g/mol. The SMILES string of the molecule is COCCOCCCCCC(=O)Nc1cccc2c1C(=O)N(C1CCC(=O)NC1=O)C2=O. The number of nitrogens with one attached hydrogen (secondary N) is 2. The highest BCUT2D eigenvalue weighted by Gasteiger charge is 2.45. The summed E-state index contributed by atoms with van der Waals surface area (Å²) in [6.07, 6.45) is 2.68. The van der Waals surface area contributed by atoms with Gasteiger partial charge in [0.25, 0.3) is 11.8 Å². The highest BCUT2D eigenvalue weighted by atomic mass is 16.5. The Labute approximate surface area is 185 Å². The van der Waals surface area contributed by atoms with E-state index in [0.29, 0.717) is 26.2 Å². The molecule has 2 aliphatic rings. The van der Waals surface area contributed by atoms with Crippen molar-refractivity contribution in [2.24, 2.45) is 0 Å². The van der Waals surface area contributed by atoms with Gasteiger partial charge in [-0.15, -0.1) is 0 Å². The number of ether oxygens (including phenoxy) is 2. The Balaban J connectivity index is 1.57. The van der Waals surface area contributed by atoms with Gasteiger partial charge < -0.3 is 14.8 Å². The largest absolute Gasteiger partial charge is 0.382 e. The van der Waals surface area contributed by atoms with Gasteiger partial charge in [0, 0.05) is 26.6 Å². The van der Waals surface area contributed by atoms with Crippen LogP contribution in [0.2, 0.25) is 0 Å². The molecule has 1 saturated heterocycles. The lowest BCUT2D eigenvalue weighted by Gasteiger charge is -2.27. The number of hydrogen-bond acceptors (Lipinski definition) is 7. The minimum Gasteiger partial charge on any atom is -0.382 e. The van der Waals surface area contributed by atoms with E-state index in [1.54, 1.807) is 19.2 Å². The first-order valence-electron chi connectivity index (χ1n) is 10.6. The fourth-order valence-corrected chi connectivity index (χ4v) is 3.74. The second-order valence-electron chi connectivity index (χ2n) is 7.64. The van der Waals surface area contributed by atoms with E-state index in [0.717, 1.165) is 17.7 Å². The van der Waals surface area contributed by atoms with Crippen molar-refractivity contribution in [2.75, 3.05) is 32.2 Å². The van der Waals surface area contributed by atoms with E-state index < -0.39 is 29.7 Å². The van der Waals surface area contributed by atoms with Crippen molar-refractivity contribution >= 4 is 35.2 Å². The zero-order chi connectivity index (χ0) is 23.1. The van der Waals surface area contributed by atoms with E-state index in [1.165, 1.54) is 6.07 Å². The van der Waals surface area contributed by atoms with Crippen LogP contribution in [-0.4, -0.2) is 67.4 Å². The number of benzene rings is 1. The molecule has 0 saturated carbocycles. The lowest BCUT2D eigenvalue weighted by atomic mass is 10.0. The summed E-state index contributed by atoms with van der Waals surface area (Å²) in [6.45, 7) is 1.69. The summed E-state index contributed by atoms with van der Waals surface area (Å²) in [5, 5.41) is 4.87. The number of nitrogens with zero attached hydrogens (tertiary/aromatic N) is 1. The van der Waals surface area contributed by atoms with Crippen molar-refractivity contribution in [1.29, 1.82) is 0 Å². The van der Waals surface area contributed by atoms with Gasteiger partial charge in [0.1, 0.15) is 6.04 Å². The first-order valence-corrected chi connectivity index (χ1v) is 10.6. The van der Waals surface area contributed by atoms with E-state index in [9.17, 15) is 24.0 Å². The maximum Gasteiger partial charge on any atom is 0.264 e. The number of fused-ring (bicyclic) bond motifs is 1. The second-order valence-corrected chi connectivity index (χ2v) is 7.64. The van der Waals surface area contributed by atoms with Gasteiger partial charge in [-0.2, -0.15) is 0 Å². The molecule has 1 aromatic carbocycles. The Hall–Kier alpha value is -3.11. The van der Waals surface area contributed by atoms with Gasteiger partial charge in [-0.1, -0.05) is 12.5 Å². The third-order valence-corrected chi connectivity index (χ3v) is 5.37. The molecule has 0 spiro atoms. The number of hydrogen-bond donors (Lipinski definition) is 2. The topological polar surface area (TPSA) is 131 Å². The van der Waals surface area contributed by atoms with Crippen molar-refractivity contribution in [3.63, 3.8) is 0 Å². The minimum absolute atomic E-state index is 0.0465. The molecule has 172 valence electrons. The number of carbonyl (C=O) groups is 5. The lowest BCUT2D eigenvalue weighted by Crippen LogP contribution is -2.54. The number of imide groups is 2. The predicted octanol–water partition coefficient (Wildman–Crippen LogP) is 1.25. The molecule has 1 aromatic rings. The normalized spacial score (nSPS) is 18.0. The van der Waals surface area contributed by atoms with Crippen LogP contribution in [0.1, 0.15) is 59.2 Å². The summed E-state index contributed by atoms with van der Waals surface area (Å²) >= 11 is 0. The molecule has 2 heterocycles. The second kappa shape index (κ2) is 11.0. The molecule has 2 aliphatic heterocycles. The molecule has 0 bridgehead atoms. The van der Waals surface area contributed by atoms with Crippen LogP contribution in [0.4, 0.5) is 5.69 Å². The standard InChI is InChI=1S/C22H27N3O7/c1-31-12-13-32-11-4-2-3-8-17(26)23-15-7-5-6-14-19(15)22(30)25(21(14)29)16-9-10-18(27)24-20(16)28/h5-7,16H,2-4,8-13H2,1H3,(H,23,26)(H,24,27,28). The predicted molar refractivity (Wildman–Crippen MR) is 113 cm³/mol. The summed E-state index contributed by atoms with van der Waals surface area (Å²) in [5.41, 5.74) is 0.441. The Morgan fingerprint density at radius 2 is 1.91 bits per heavy atom. The van der Waals surface area contributed by atoms with Crippen LogP contribution in [0.3, 0.4) is 0 Å². The van der Waals surface area contributed by atoms with Crippen molar-refractivity contribution in [2.45, 2.75) is 44.6 Å². The van der Waals surface area contributed by atoms with Gasteiger partial charge in [0.05, 0.1) is 30.0 Å². The number of methoxy groups -OCH3 is 1. The fraction of sp³-hybridized carbons (Fsp3) is 0.500. The Bertz CT molecular complexity index is 915. The number of anilines is 1. The maximum atomic E-state index is 13.0. The van der Waals surface area contributed by atoms with Crippen molar-refractivity contribution in [1.82, 2.24) is 10.2 Å². The van der Waals surface area contributed by atoms with Gasteiger partial charge in [0.15, 0.2) is 0 Å². The molecule has 32 heavy (non-hydrogen) atoms. The number of amides is 5. The summed E-state index contributed by atoms with van der Waals surface area (Å²) < 4.78 is 10.3. The number of unbranched alkanes of at least 4 members (excludes halogenated alkanes) is 2. The van der Waals surface area contributed by atoms with Crippen LogP contribution in [0.5, 0.6) is 0 Å². The number of piperidine rings is 1. The van der Waals surface area contributed by atoms with Gasteiger partial charge in [0.2, 0.25) is 17.7 Å². The van der Waals surface area contributed by atoms with E-state index in [-0.39, 0.29) is 42.0 Å². The van der Waals surface area contributed by atoms with Crippen LogP contribution in [0.15, 0.2) is 18.2 Å². The summed E-state index contributed by atoms with van der Waals surface area (Å²) in [4.78, 5) is 62.7. The quantitative estimate of drug-likeness (QED) is 0.387. The van der Waals surface area contributed by atoms with Crippen molar-refractivity contribution < 1.29 is 33.4 Å². The zero-order valence-corrected chi connectivity index (χ0v) is 18.0. The molecule has 0 aliphatic carbocycles. The molecule has 10 heteroatoms. The third-order valence-electron chi connectivity index (χ3n) is 5.37. The van der Waals surface area contributed by atoms with Crippen molar-refractivity contribution in [3.05, 3.63) is 29.3 Å². The van der Waals surface area contributed by atoms with Crippen LogP contribution in [0, 0.1) is 0 Å². The molecule has 0 aromatic heterocycles. The first kappa shape index (κ1) is 23.6. The molecule has 1 unspecified atom stereocenters. The van der Waals surface area contributed by atoms with E-state index in [2.05, 4.69) is 10.6 Å². The van der Waals surface area contributed by atoms with Gasteiger partial charge in [-0.25, -0.2) is 0 Å². The van der Waals surface area contributed by atoms with Gasteiger partial charge >= 0.3 is 0 Å². The van der Waals surface area contributed by atoms with Crippen LogP contribution in [-0.2, 0) is 23.9 Å². The van der Waals surface area contributed by atoms with Crippen LogP contribution < -0.4 is 10.6 Å². The number of rotatable bonds is 11. The summed E-state index contributed by atoms with van der Waals surface area (Å²) in [5.74, 6) is -2.63. The van der Waals surface area contributed by atoms with E-state index >= 15 is 0 Å². The highest BCUT2D eigenvalue weighted by molar-refractivity contribution is 6.26. The molecule has 0 radical (unpaired) electrons. The average molecular weight is 445 g/mol. The first-order chi connectivity index (χ1) is 15.4. The van der Waals surface area contributed by atoms with Crippen LogP contribution >= 0.6 is 0 Å². The molecular formula is C22H27N3O7. The lowest BCUT2D eigenvalue weighted by molar-refractivity contribution is -0.136. The van der Waals surface area contributed by atoms with E-state index in [1.807, 2.05) is 0 Å². The molecule has 1 atom stereocenters. The summed E-state index contributed by atoms with van der Waals surface area (Å²) in [6, 6.07) is 3.57. The maximum absolute atomic E-state index is 13.0. The molecule has 1 fully saturated rings. The van der Waals surface area contributed by atoms with E-state index in [4.69, 9.17) is 9.47 Å².